The summed E-state index contributed by atoms with van der Waals surface area (Å²) in [7, 11) is -3.03. The van der Waals surface area contributed by atoms with E-state index in [4.69, 9.17) is 5.73 Å². The lowest BCUT2D eigenvalue weighted by Gasteiger charge is -2.23. The lowest BCUT2D eigenvalue weighted by molar-refractivity contribution is 0.0596. The van der Waals surface area contributed by atoms with Crippen LogP contribution in [0.25, 0.3) is 0 Å². The molecule has 0 saturated carbocycles. The Kier molecular flexibility index (Phi) is 4.72. The standard InChI is InChI=1S/C16H18N6O4S/c1-10-8-11(2)19-16(18-10)21-9-14(17)22(20-21)27(24,25)13-7-5-4-6-12(13)15(23)26-3/h4-9,20H,17H2,1-3H3. The van der Waals surface area contributed by atoms with Crippen LogP contribution in [-0.2, 0) is 14.8 Å². The Balaban J connectivity index is 1.98. The van der Waals surface area contributed by atoms with E-state index in [0.29, 0.717) is 11.4 Å². The maximum absolute atomic E-state index is 13.1. The van der Waals surface area contributed by atoms with E-state index in [0.717, 1.165) is 4.41 Å². The number of ether oxygens (including phenoxy) is 1. The van der Waals surface area contributed by atoms with Crippen LogP contribution < -0.4 is 16.3 Å². The van der Waals surface area contributed by atoms with Crippen molar-refractivity contribution in [1.29, 1.82) is 0 Å². The van der Waals surface area contributed by atoms with Crippen LogP contribution in [0.15, 0.2) is 47.2 Å². The van der Waals surface area contributed by atoms with E-state index < -0.39 is 16.0 Å². The smallest absolute Gasteiger partial charge is 0.339 e. The van der Waals surface area contributed by atoms with Crippen molar-refractivity contribution in [3.8, 4) is 0 Å². The topological polar surface area (TPSA) is 131 Å². The van der Waals surface area contributed by atoms with Gasteiger partial charge >= 0.3 is 5.97 Å². The van der Waals surface area contributed by atoms with E-state index in [1.54, 1.807) is 19.9 Å². The van der Waals surface area contributed by atoms with Gasteiger partial charge in [0.2, 0.25) is 5.95 Å². The van der Waals surface area contributed by atoms with Crippen LogP contribution in [0.3, 0.4) is 0 Å². The predicted molar refractivity (Wildman–Crippen MR) is 96.2 cm³/mol. The zero-order valence-corrected chi connectivity index (χ0v) is 15.7. The first-order chi connectivity index (χ1) is 12.7. The molecule has 27 heavy (non-hydrogen) atoms. The van der Waals surface area contributed by atoms with E-state index in [2.05, 4.69) is 20.2 Å². The minimum atomic E-state index is -4.20. The lowest BCUT2D eigenvalue weighted by atomic mass is 10.2. The van der Waals surface area contributed by atoms with Crippen molar-refractivity contribution >= 4 is 21.9 Å². The van der Waals surface area contributed by atoms with Gasteiger partial charge in [0.15, 0.2) is 0 Å². The Bertz CT molecular complexity index is 1020. The van der Waals surface area contributed by atoms with Crippen LogP contribution in [0.1, 0.15) is 21.7 Å². The number of hydrogen-bond acceptors (Lipinski definition) is 9. The molecular formula is C16H18N6O4S. The number of nitrogens with one attached hydrogen (secondary N) is 1. The highest BCUT2D eigenvalue weighted by molar-refractivity contribution is 7.89. The molecule has 1 aromatic carbocycles. The molecule has 0 atom stereocenters. The number of aromatic nitrogens is 2. The van der Waals surface area contributed by atoms with E-state index in [1.807, 2.05) is 0 Å². The van der Waals surface area contributed by atoms with Gasteiger partial charge in [-0.2, -0.15) is 12.8 Å². The molecule has 3 N–H and O–H groups in total. The zero-order valence-electron chi connectivity index (χ0n) is 14.9. The Hall–Kier alpha value is -3.18. The number of hydrazine groups is 2. The monoisotopic (exact) mass is 390 g/mol. The van der Waals surface area contributed by atoms with Crippen LogP contribution in [0, 0.1) is 13.8 Å². The molecule has 1 aromatic heterocycles. The number of hydrogen-bond donors (Lipinski definition) is 2. The fourth-order valence-electron chi connectivity index (χ4n) is 2.55. The van der Waals surface area contributed by atoms with Crippen LogP contribution in [0.5, 0.6) is 0 Å². The van der Waals surface area contributed by atoms with Crippen molar-refractivity contribution in [2.24, 2.45) is 5.73 Å². The number of carbonyl (C=O) groups excluding carboxylic acids is 1. The van der Waals surface area contributed by atoms with Gasteiger partial charge in [0.1, 0.15) is 10.7 Å². The third-order valence-electron chi connectivity index (χ3n) is 3.69. The van der Waals surface area contributed by atoms with Crippen molar-refractivity contribution in [2.45, 2.75) is 18.7 Å². The maximum Gasteiger partial charge on any atom is 0.339 e. The molecule has 0 spiro atoms. The third kappa shape index (κ3) is 3.41. The summed E-state index contributed by atoms with van der Waals surface area (Å²) < 4.78 is 31.5. The fourth-order valence-corrected chi connectivity index (χ4v) is 3.94. The summed E-state index contributed by atoms with van der Waals surface area (Å²) in [5.41, 5.74) is 9.84. The highest BCUT2D eigenvalue weighted by Crippen LogP contribution is 2.25. The summed E-state index contributed by atoms with van der Waals surface area (Å²) in [4.78, 5) is 20.2. The quantitative estimate of drug-likeness (QED) is 0.719. The Morgan fingerprint density at radius 3 is 2.44 bits per heavy atom. The van der Waals surface area contributed by atoms with Crippen molar-refractivity contribution in [2.75, 3.05) is 12.1 Å². The highest BCUT2D eigenvalue weighted by atomic mass is 32.2. The predicted octanol–water partition coefficient (Wildman–Crippen LogP) is 0.568. The van der Waals surface area contributed by atoms with Gasteiger partial charge in [-0.1, -0.05) is 12.1 Å². The highest BCUT2D eigenvalue weighted by Gasteiger charge is 2.35. The number of benzene rings is 1. The number of sulfonamides is 1. The minimum Gasteiger partial charge on any atom is -0.465 e. The van der Waals surface area contributed by atoms with Crippen LogP contribution >= 0.6 is 0 Å². The van der Waals surface area contributed by atoms with Gasteiger partial charge in [-0.3, -0.25) is 0 Å². The Labute approximate surface area is 156 Å². The first-order valence-electron chi connectivity index (χ1n) is 7.82. The summed E-state index contributed by atoms with van der Waals surface area (Å²) in [6.07, 6.45) is 1.34. The van der Waals surface area contributed by atoms with E-state index in [-0.39, 0.29) is 22.2 Å². The number of aryl methyl sites for hydroxylation is 2. The molecule has 2 heterocycles. The largest absolute Gasteiger partial charge is 0.465 e. The number of esters is 1. The number of methoxy groups -OCH3 is 1. The first kappa shape index (κ1) is 18.6. The molecule has 0 saturated heterocycles. The molecule has 0 unspecified atom stereocenters. The summed E-state index contributed by atoms with van der Waals surface area (Å²) in [6.45, 7) is 3.59. The second kappa shape index (κ2) is 6.85. The van der Waals surface area contributed by atoms with Gasteiger partial charge < -0.3 is 10.5 Å². The molecule has 1 aliphatic heterocycles. The maximum atomic E-state index is 13.1. The number of rotatable bonds is 4. The molecule has 0 aliphatic carbocycles. The van der Waals surface area contributed by atoms with Crippen molar-refractivity contribution in [3.63, 3.8) is 0 Å². The summed E-state index contributed by atoms with van der Waals surface area (Å²) in [6, 6.07) is 7.48. The molecule has 0 amide bonds. The SMILES string of the molecule is COC(=O)c1ccccc1S(=O)(=O)N1NN(c2nc(C)cc(C)n2)C=C1N. The first-order valence-corrected chi connectivity index (χ1v) is 9.26. The average Bonchev–Trinajstić information content (AvgIpc) is 3.03. The van der Waals surface area contributed by atoms with Crippen LogP contribution in [0.2, 0.25) is 0 Å². The number of carbonyl (C=O) groups is 1. The van der Waals surface area contributed by atoms with Gasteiger partial charge in [0.25, 0.3) is 10.0 Å². The molecule has 142 valence electrons. The Morgan fingerprint density at radius 2 is 1.81 bits per heavy atom. The number of nitrogens with two attached hydrogens (primary N) is 1. The lowest BCUT2D eigenvalue weighted by Crippen LogP contribution is -2.46. The summed E-state index contributed by atoms with van der Waals surface area (Å²) in [5.74, 6) is -0.655. The van der Waals surface area contributed by atoms with Crippen molar-refractivity contribution < 1.29 is 17.9 Å². The van der Waals surface area contributed by atoms with Gasteiger partial charge in [-0.15, -0.1) is 5.53 Å². The molecular weight excluding hydrogens is 372 g/mol. The third-order valence-corrected chi connectivity index (χ3v) is 5.38. The average molecular weight is 390 g/mol. The zero-order chi connectivity index (χ0) is 19.8. The van der Waals surface area contributed by atoms with E-state index >= 15 is 0 Å². The van der Waals surface area contributed by atoms with Crippen molar-refractivity contribution in [3.05, 3.63) is 59.3 Å². The van der Waals surface area contributed by atoms with E-state index in [9.17, 15) is 13.2 Å². The molecule has 11 heteroatoms. The summed E-state index contributed by atoms with van der Waals surface area (Å²) in [5, 5.41) is 1.29. The van der Waals surface area contributed by atoms with Gasteiger partial charge in [-0.25, -0.2) is 19.8 Å². The van der Waals surface area contributed by atoms with Crippen molar-refractivity contribution in [1.82, 2.24) is 19.9 Å². The molecule has 0 radical (unpaired) electrons. The molecule has 2 aromatic rings. The molecule has 0 fully saturated rings. The van der Waals surface area contributed by atoms with Crippen LogP contribution in [0.4, 0.5) is 5.95 Å². The van der Waals surface area contributed by atoms with Crippen LogP contribution in [-0.4, -0.2) is 35.9 Å². The normalized spacial score (nSPS) is 14.3. The molecule has 0 bridgehead atoms. The molecule has 3 rings (SSSR count). The molecule has 10 nitrogen and oxygen atoms in total. The van der Waals surface area contributed by atoms with Gasteiger partial charge in [0.05, 0.1) is 18.9 Å². The van der Waals surface area contributed by atoms with Gasteiger partial charge in [0, 0.05) is 11.4 Å². The number of nitrogens with zero attached hydrogens (tertiary/aromatic N) is 4. The van der Waals surface area contributed by atoms with E-state index in [1.165, 1.54) is 42.6 Å². The molecule has 1 aliphatic rings. The summed E-state index contributed by atoms with van der Waals surface area (Å²) >= 11 is 0. The van der Waals surface area contributed by atoms with Gasteiger partial charge in [-0.05, 0) is 32.0 Å². The number of anilines is 1. The Morgan fingerprint density at radius 1 is 1.19 bits per heavy atom. The fraction of sp³-hybridized carbons (Fsp3) is 0.188. The second-order valence-corrected chi connectivity index (χ2v) is 7.49. The second-order valence-electron chi connectivity index (χ2n) is 5.73. The minimum absolute atomic E-state index is 0.101.